The van der Waals surface area contributed by atoms with Gasteiger partial charge in [0, 0.05) is 36.6 Å². The van der Waals surface area contributed by atoms with Crippen molar-refractivity contribution in [2.45, 2.75) is 13.0 Å². The molecule has 0 amide bonds. The fraction of sp³-hybridized carbons (Fsp3) is 0.462. The van der Waals surface area contributed by atoms with Crippen LogP contribution in [0.15, 0.2) is 18.2 Å². The van der Waals surface area contributed by atoms with Gasteiger partial charge in [0.15, 0.2) is 6.10 Å². The normalized spacial score (nSPS) is 18.4. The van der Waals surface area contributed by atoms with Gasteiger partial charge in [-0.2, -0.15) is 5.26 Å². The number of non-ortho nitro benzene ring substituents is 1. The summed E-state index contributed by atoms with van der Waals surface area (Å²) in [5.41, 5.74) is 1.48. The van der Waals surface area contributed by atoms with Gasteiger partial charge in [-0.25, -0.2) is 0 Å². The van der Waals surface area contributed by atoms with Crippen molar-refractivity contribution in [3.63, 3.8) is 0 Å². The molecule has 2 rings (SSSR count). The van der Waals surface area contributed by atoms with Crippen LogP contribution in [0.2, 0.25) is 0 Å². The lowest BCUT2D eigenvalue weighted by atomic mass is 10.2. The Morgan fingerprint density at radius 2 is 2.40 bits per heavy atom. The fourth-order valence-corrected chi connectivity index (χ4v) is 2.15. The number of ether oxygens (including phenoxy) is 1. The summed E-state index contributed by atoms with van der Waals surface area (Å²) in [5.74, 6) is 0. The molecule has 1 aliphatic rings. The number of rotatable bonds is 4. The quantitative estimate of drug-likeness (QED) is 0.665. The number of nitro groups is 1. The third kappa shape index (κ3) is 3.16. The Hall–Kier alpha value is -2.33. The molecule has 20 heavy (non-hydrogen) atoms. The zero-order valence-electron chi connectivity index (χ0n) is 11.2. The molecule has 1 aromatic rings. The van der Waals surface area contributed by atoms with Gasteiger partial charge in [0.25, 0.3) is 5.69 Å². The van der Waals surface area contributed by atoms with Crippen LogP contribution in [0.25, 0.3) is 0 Å². The van der Waals surface area contributed by atoms with Crippen LogP contribution < -0.4 is 10.2 Å². The Morgan fingerprint density at radius 3 is 3.05 bits per heavy atom. The topological polar surface area (TPSA) is 91.4 Å². The highest BCUT2D eigenvalue weighted by molar-refractivity contribution is 5.64. The highest BCUT2D eigenvalue weighted by Gasteiger charge is 2.22. The predicted molar refractivity (Wildman–Crippen MR) is 74.8 cm³/mol. The van der Waals surface area contributed by atoms with Gasteiger partial charge >= 0.3 is 0 Å². The number of anilines is 2. The smallest absolute Gasteiger partial charge is 0.273 e. The molecule has 1 fully saturated rings. The Bertz CT molecular complexity index is 541. The van der Waals surface area contributed by atoms with E-state index in [9.17, 15) is 10.1 Å². The van der Waals surface area contributed by atoms with E-state index in [1.54, 1.807) is 0 Å². The van der Waals surface area contributed by atoms with Gasteiger partial charge in [0.05, 0.1) is 24.1 Å². The van der Waals surface area contributed by atoms with Gasteiger partial charge in [0.1, 0.15) is 0 Å². The lowest BCUT2D eigenvalue weighted by Gasteiger charge is -2.31. The number of benzene rings is 1. The summed E-state index contributed by atoms with van der Waals surface area (Å²) in [6.07, 6.45) is -0.495. The second-order valence-electron chi connectivity index (χ2n) is 4.46. The molecule has 0 saturated carbocycles. The first-order valence-electron chi connectivity index (χ1n) is 6.43. The van der Waals surface area contributed by atoms with Crippen molar-refractivity contribution in [1.29, 1.82) is 5.26 Å². The van der Waals surface area contributed by atoms with E-state index in [2.05, 4.69) is 11.4 Å². The minimum atomic E-state index is -0.495. The maximum absolute atomic E-state index is 11.0. The number of morpholine rings is 1. The summed E-state index contributed by atoms with van der Waals surface area (Å²) >= 11 is 0. The van der Waals surface area contributed by atoms with Crippen LogP contribution in [0, 0.1) is 21.4 Å². The number of hydrogen-bond donors (Lipinski definition) is 1. The Labute approximate surface area is 116 Å². The SMILES string of the molecule is CCNc1cc(N2CCOC(C#N)C2)cc([N+](=O)[O-])c1. The van der Waals surface area contributed by atoms with E-state index in [-0.39, 0.29) is 5.69 Å². The summed E-state index contributed by atoms with van der Waals surface area (Å²) in [7, 11) is 0. The van der Waals surface area contributed by atoms with E-state index in [1.165, 1.54) is 12.1 Å². The second kappa shape index (κ2) is 6.21. The molecule has 106 valence electrons. The lowest BCUT2D eigenvalue weighted by molar-refractivity contribution is -0.384. The summed E-state index contributed by atoms with van der Waals surface area (Å²) in [6.45, 7) is 4.09. The van der Waals surface area contributed by atoms with Crippen molar-refractivity contribution in [3.8, 4) is 6.07 Å². The number of nitro benzene ring substituents is 1. The summed E-state index contributed by atoms with van der Waals surface area (Å²) < 4.78 is 5.28. The van der Waals surface area contributed by atoms with Crippen LogP contribution in [0.1, 0.15) is 6.92 Å². The molecule has 1 atom stereocenters. The lowest BCUT2D eigenvalue weighted by Crippen LogP contribution is -2.41. The molecule has 0 spiro atoms. The molecule has 1 aromatic carbocycles. The highest BCUT2D eigenvalue weighted by Crippen LogP contribution is 2.28. The molecule has 0 aromatic heterocycles. The zero-order valence-corrected chi connectivity index (χ0v) is 11.2. The second-order valence-corrected chi connectivity index (χ2v) is 4.46. The average molecular weight is 276 g/mol. The first kappa shape index (κ1) is 14.1. The Balaban J connectivity index is 2.30. The van der Waals surface area contributed by atoms with Crippen LogP contribution in [-0.4, -0.2) is 37.3 Å². The van der Waals surface area contributed by atoms with Gasteiger partial charge in [-0.15, -0.1) is 0 Å². The molecule has 1 N–H and O–H groups in total. The summed E-state index contributed by atoms with van der Waals surface area (Å²) in [5, 5.41) is 23.0. The van der Waals surface area contributed by atoms with Gasteiger partial charge in [-0.1, -0.05) is 0 Å². The number of nitrogens with one attached hydrogen (secondary N) is 1. The van der Waals surface area contributed by atoms with Crippen molar-refractivity contribution in [1.82, 2.24) is 0 Å². The molecule has 1 heterocycles. The van der Waals surface area contributed by atoms with Crippen LogP contribution in [-0.2, 0) is 4.74 Å². The molecule has 7 nitrogen and oxygen atoms in total. The monoisotopic (exact) mass is 276 g/mol. The molecule has 7 heteroatoms. The Morgan fingerprint density at radius 1 is 1.60 bits per heavy atom. The van der Waals surface area contributed by atoms with E-state index in [0.717, 1.165) is 5.69 Å². The van der Waals surface area contributed by atoms with Crippen LogP contribution in [0.4, 0.5) is 17.1 Å². The number of hydrogen-bond acceptors (Lipinski definition) is 6. The molecule has 1 aliphatic heterocycles. The van der Waals surface area contributed by atoms with Crippen molar-refractivity contribution < 1.29 is 9.66 Å². The van der Waals surface area contributed by atoms with Crippen molar-refractivity contribution >= 4 is 17.1 Å². The maximum Gasteiger partial charge on any atom is 0.273 e. The van der Waals surface area contributed by atoms with Gasteiger partial charge in [-0.3, -0.25) is 10.1 Å². The van der Waals surface area contributed by atoms with E-state index >= 15 is 0 Å². The molecule has 0 aliphatic carbocycles. The fourth-order valence-electron chi connectivity index (χ4n) is 2.15. The molecule has 0 radical (unpaired) electrons. The molecular weight excluding hydrogens is 260 g/mol. The average Bonchev–Trinajstić information content (AvgIpc) is 2.47. The first-order chi connectivity index (χ1) is 9.63. The first-order valence-corrected chi connectivity index (χ1v) is 6.43. The minimum absolute atomic E-state index is 0.0402. The molecule has 0 bridgehead atoms. The van der Waals surface area contributed by atoms with Crippen LogP contribution >= 0.6 is 0 Å². The van der Waals surface area contributed by atoms with Crippen molar-refractivity contribution in [2.75, 3.05) is 36.5 Å². The van der Waals surface area contributed by atoms with E-state index < -0.39 is 11.0 Å². The largest absolute Gasteiger partial charge is 0.385 e. The summed E-state index contributed by atoms with van der Waals surface area (Å²) in [4.78, 5) is 12.5. The van der Waals surface area contributed by atoms with Crippen molar-refractivity contribution in [3.05, 3.63) is 28.3 Å². The van der Waals surface area contributed by atoms with E-state index in [0.29, 0.717) is 31.9 Å². The maximum atomic E-state index is 11.0. The number of nitrogens with zero attached hydrogens (tertiary/aromatic N) is 3. The summed E-state index contributed by atoms with van der Waals surface area (Å²) in [6, 6.07) is 6.96. The van der Waals surface area contributed by atoms with Crippen LogP contribution in [0.3, 0.4) is 0 Å². The third-order valence-corrected chi connectivity index (χ3v) is 3.07. The highest BCUT2D eigenvalue weighted by atomic mass is 16.6. The zero-order chi connectivity index (χ0) is 14.5. The molecule has 1 unspecified atom stereocenters. The molecular formula is C13H16N4O3. The van der Waals surface area contributed by atoms with Crippen LogP contribution in [0.5, 0.6) is 0 Å². The predicted octanol–water partition coefficient (Wildman–Crippen LogP) is 1.76. The third-order valence-electron chi connectivity index (χ3n) is 3.07. The minimum Gasteiger partial charge on any atom is -0.385 e. The van der Waals surface area contributed by atoms with Gasteiger partial charge in [-0.05, 0) is 13.0 Å². The van der Waals surface area contributed by atoms with E-state index in [1.807, 2.05) is 17.9 Å². The molecule has 1 saturated heterocycles. The Kier molecular flexibility index (Phi) is 4.38. The van der Waals surface area contributed by atoms with E-state index in [4.69, 9.17) is 10.00 Å². The van der Waals surface area contributed by atoms with Crippen molar-refractivity contribution in [2.24, 2.45) is 0 Å². The standard InChI is InChI=1S/C13H16N4O3/c1-2-15-10-5-11(7-12(6-10)17(18)19)16-3-4-20-13(8-14)9-16/h5-7,13,15H,2-4,9H2,1H3. The van der Waals surface area contributed by atoms with Gasteiger partial charge < -0.3 is 15.0 Å². The van der Waals surface area contributed by atoms with Gasteiger partial charge in [0.2, 0.25) is 0 Å². The number of nitriles is 1.